The lowest BCUT2D eigenvalue weighted by molar-refractivity contribution is 0.0970. The molecule has 0 aliphatic carbocycles. The molecule has 2 aromatic carbocycles. The number of hydrogen-bond donors (Lipinski definition) is 0. The first-order valence-electron chi connectivity index (χ1n) is 9.20. The second-order valence-corrected chi connectivity index (χ2v) is 8.12. The van der Waals surface area contributed by atoms with Gasteiger partial charge in [0.25, 0.3) is 5.56 Å². The molecule has 0 fully saturated rings. The van der Waals surface area contributed by atoms with E-state index in [1.54, 1.807) is 31.4 Å². The van der Waals surface area contributed by atoms with Crippen molar-refractivity contribution in [3.63, 3.8) is 0 Å². The molecule has 4 rings (SSSR count). The van der Waals surface area contributed by atoms with Crippen LogP contribution in [0.3, 0.4) is 0 Å². The van der Waals surface area contributed by atoms with Crippen LogP contribution >= 0.6 is 11.3 Å². The van der Waals surface area contributed by atoms with Crippen molar-refractivity contribution in [3.8, 4) is 16.9 Å². The molecule has 0 spiro atoms. The Morgan fingerprint density at radius 1 is 1.14 bits per heavy atom. The van der Waals surface area contributed by atoms with Crippen LogP contribution in [-0.4, -0.2) is 22.4 Å². The van der Waals surface area contributed by atoms with Crippen molar-refractivity contribution in [2.24, 2.45) is 0 Å². The van der Waals surface area contributed by atoms with E-state index in [1.165, 1.54) is 22.2 Å². The third-order valence-electron chi connectivity index (χ3n) is 4.87. The van der Waals surface area contributed by atoms with Crippen LogP contribution in [-0.2, 0) is 6.54 Å². The Morgan fingerprint density at radius 3 is 2.69 bits per heavy atom. The average Bonchev–Trinajstić information content (AvgIpc) is 3.06. The van der Waals surface area contributed by atoms with E-state index in [4.69, 9.17) is 4.74 Å². The van der Waals surface area contributed by atoms with Crippen LogP contribution in [0.5, 0.6) is 5.75 Å². The van der Waals surface area contributed by atoms with Gasteiger partial charge >= 0.3 is 0 Å². The second kappa shape index (κ2) is 7.64. The summed E-state index contributed by atoms with van der Waals surface area (Å²) in [4.78, 5) is 32.2. The number of carbonyl (C=O) groups excluding carboxylic acids is 1. The number of aryl methyl sites for hydroxylation is 2. The van der Waals surface area contributed by atoms with Crippen LogP contribution in [0.4, 0.5) is 0 Å². The summed E-state index contributed by atoms with van der Waals surface area (Å²) in [7, 11) is 1.55. The number of ketones is 1. The van der Waals surface area contributed by atoms with E-state index in [1.807, 2.05) is 32.0 Å². The summed E-state index contributed by atoms with van der Waals surface area (Å²) >= 11 is 1.50. The highest BCUT2D eigenvalue weighted by Gasteiger charge is 2.18. The van der Waals surface area contributed by atoms with E-state index in [9.17, 15) is 9.59 Å². The molecule has 0 radical (unpaired) electrons. The SMILES string of the molecule is COc1cccc(C(=O)Cn2cnc3sc(C)c(-c4cccc(C)c4)c3c2=O)c1. The second-order valence-electron chi connectivity index (χ2n) is 6.92. The van der Waals surface area contributed by atoms with E-state index in [0.717, 1.165) is 21.6 Å². The molecule has 0 unspecified atom stereocenters. The number of hydrogen-bond acceptors (Lipinski definition) is 5. The van der Waals surface area contributed by atoms with Crippen molar-refractivity contribution in [2.75, 3.05) is 7.11 Å². The van der Waals surface area contributed by atoms with Gasteiger partial charge in [-0.1, -0.05) is 42.0 Å². The summed E-state index contributed by atoms with van der Waals surface area (Å²) in [6.07, 6.45) is 1.46. The maximum atomic E-state index is 13.3. The molecule has 0 aliphatic rings. The molecule has 4 aromatic rings. The molecular formula is C23H20N2O3S. The molecule has 0 aliphatic heterocycles. The molecule has 2 heterocycles. The number of benzene rings is 2. The van der Waals surface area contributed by atoms with Gasteiger partial charge in [0.1, 0.15) is 10.6 Å². The van der Waals surface area contributed by atoms with Crippen molar-refractivity contribution < 1.29 is 9.53 Å². The van der Waals surface area contributed by atoms with E-state index in [2.05, 4.69) is 11.1 Å². The van der Waals surface area contributed by atoms with Crippen LogP contribution in [0.1, 0.15) is 20.8 Å². The van der Waals surface area contributed by atoms with Crippen molar-refractivity contribution in [3.05, 3.63) is 81.2 Å². The van der Waals surface area contributed by atoms with E-state index in [0.29, 0.717) is 21.5 Å². The molecule has 0 saturated heterocycles. The predicted octanol–water partition coefficient (Wildman–Crippen LogP) is 4.63. The minimum atomic E-state index is -0.202. The zero-order chi connectivity index (χ0) is 20.5. The fraction of sp³-hybridized carbons (Fsp3) is 0.174. The monoisotopic (exact) mass is 404 g/mol. The number of thiophene rings is 1. The van der Waals surface area contributed by atoms with Crippen LogP contribution < -0.4 is 10.3 Å². The van der Waals surface area contributed by atoms with E-state index in [-0.39, 0.29) is 17.9 Å². The lowest BCUT2D eigenvalue weighted by atomic mass is 10.0. The van der Waals surface area contributed by atoms with Gasteiger partial charge in [0, 0.05) is 16.0 Å². The molecule has 2 aromatic heterocycles. The Kier molecular flexibility index (Phi) is 5.03. The van der Waals surface area contributed by atoms with Gasteiger partial charge in [-0.05, 0) is 31.5 Å². The first-order valence-corrected chi connectivity index (χ1v) is 10.0. The molecule has 5 nitrogen and oxygen atoms in total. The highest BCUT2D eigenvalue weighted by molar-refractivity contribution is 7.19. The highest BCUT2D eigenvalue weighted by Crippen LogP contribution is 2.35. The number of nitrogens with zero attached hydrogens (tertiary/aromatic N) is 2. The van der Waals surface area contributed by atoms with E-state index < -0.39 is 0 Å². The smallest absolute Gasteiger partial charge is 0.263 e. The molecule has 146 valence electrons. The molecule has 0 amide bonds. The Labute approximate surface area is 172 Å². The third kappa shape index (κ3) is 3.59. The summed E-state index contributed by atoms with van der Waals surface area (Å²) in [6.45, 7) is 3.95. The number of rotatable bonds is 5. The van der Waals surface area contributed by atoms with Gasteiger partial charge in [0.15, 0.2) is 5.78 Å². The fourth-order valence-electron chi connectivity index (χ4n) is 3.44. The van der Waals surface area contributed by atoms with E-state index >= 15 is 0 Å². The van der Waals surface area contributed by atoms with Gasteiger partial charge in [0.05, 0.1) is 25.4 Å². The summed E-state index contributed by atoms with van der Waals surface area (Å²) in [5, 5.41) is 0.569. The maximum absolute atomic E-state index is 13.3. The number of fused-ring (bicyclic) bond motifs is 1. The Bertz CT molecular complexity index is 1290. The van der Waals surface area contributed by atoms with Gasteiger partial charge in [-0.15, -0.1) is 11.3 Å². The van der Waals surface area contributed by atoms with Gasteiger partial charge < -0.3 is 4.74 Å². The summed E-state index contributed by atoms with van der Waals surface area (Å²) < 4.78 is 6.57. The number of carbonyl (C=O) groups is 1. The molecule has 6 heteroatoms. The van der Waals surface area contributed by atoms with Crippen molar-refractivity contribution in [1.82, 2.24) is 9.55 Å². The number of ether oxygens (including phenoxy) is 1. The topological polar surface area (TPSA) is 61.2 Å². The van der Waals surface area contributed by atoms with Crippen molar-refractivity contribution >= 4 is 27.3 Å². The minimum absolute atomic E-state index is 0.0723. The van der Waals surface area contributed by atoms with Crippen LogP contribution in [0.2, 0.25) is 0 Å². The standard InChI is InChI=1S/C23H20N2O3S/c1-14-6-4-8-17(10-14)20-15(2)29-22-21(20)23(27)25(13-24-22)12-19(26)16-7-5-9-18(11-16)28-3/h4-11,13H,12H2,1-3H3. The number of aromatic nitrogens is 2. The lowest BCUT2D eigenvalue weighted by Gasteiger charge is -2.08. The zero-order valence-corrected chi connectivity index (χ0v) is 17.2. The van der Waals surface area contributed by atoms with Crippen LogP contribution in [0.15, 0.2) is 59.7 Å². The van der Waals surface area contributed by atoms with Gasteiger partial charge in [-0.3, -0.25) is 14.2 Å². The number of methoxy groups -OCH3 is 1. The Hall–Kier alpha value is -3.25. The molecule has 0 bridgehead atoms. The summed E-state index contributed by atoms with van der Waals surface area (Å²) in [5.74, 6) is 0.433. The maximum Gasteiger partial charge on any atom is 0.263 e. The summed E-state index contributed by atoms with van der Waals surface area (Å²) in [5.41, 5.74) is 3.31. The fourth-order valence-corrected chi connectivity index (χ4v) is 4.44. The zero-order valence-electron chi connectivity index (χ0n) is 16.4. The third-order valence-corrected chi connectivity index (χ3v) is 5.88. The van der Waals surface area contributed by atoms with Crippen molar-refractivity contribution in [2.45, 2.75) is 20.4 Å². The van der Waals surface area contributed by atoms with Gasteiger partial charge in [-0.25, -0.2) is 4.98 Å². The normalized spacial score (nSPS) is 11.0. The minimum Gasteiger partial charge on any atom is -0.497 e. The lowest BCUT2D eigenvalue weighted by Crippen LogP contribution is -2.24. The quantitative estimate of drug-likeness (QED) is 0.455. The summed E-state index contributed by atoms with van der Waals surface area (Å²) in [6, 6.07) is 15.0. The molecular weight excluding hydrogens is 384 g/mol. The first kappa shape index (κ1) is 19.1. The highest BCUT2D eigenvalue weighted by atomic mass is 32.1. The predicted molar refractivity (Wildman–Crippen MR) is 116 cm³/mol. The molecule has 0 saturated carbocycles. The van der Waals surface area contributed by atoms with Crippen LogP contribution in [0, 0.1) is 13.8 Å². The largest absolute Gasteiger partial charge is 0.497 e. The van der Waals surface area contributed by atoms with Crippen LogP contribution in [0.25, 0.3) is 21.3 Å². The molecule has 0 N–H and O–H groups in total. The average molecular weight is 404 g/mol. The number of Topliss-reactive ketones (excluding diaryl/α,β-unsaturated/α-hetero) is 1. The Morgan fingerprint density at radius 2 is 1.93 bits per heavy atom. The van der Waals surface area contributed by atoms with Gasteiger partial charge in [0.2, 0.25) is 0 Å². The van der Waals surface area contributed by atoms with Gasteiger partial charge in [-0.2, -0.15) is 0 Å². The van der Waals surface area contributed by atoms with Crippen molar-refractivity contribution in [1.29, 1.82) is 0 Å². The first-order chi connectivity index (χ1) is 14.0. The molecule has 29 heavy (non-hydrogen) atoms. The Balaban J connectivity index is 1.79. The molecule has 0 atom stereocenters.